The molecule has 0 radical (unpaired) electrons. The maximum atomic E-state index is 12.0. The van der Waals surface area contributed by atoms with Crippen molar-refractivity contribution < 1.29 is 9.90 Å². The highest BCUT2D eigenvalue weighted by atomic mass is 16.3. The molecule has 92 valence electrons. The summed E-state index contributed by atoms with van der Waals surface area (Å²) in [5, 5.41) is 11.8. The molecule has 0 saturated heterocycles. The number of rotatable bonds is 5. The SMILES string of the molecule is CC(CCO)CNC(=O)C1CC2CCC1C2. The van der Waals surface area contributed by atoms with Crippen molar-refractivity contribution in [2.24, 2.45) is 23.7 Å². The van der Waals surface area contributed by atoms with Crippen LogP contribution in [0.15, 0.2) is 0 Å². The Morgan fingerprint density at radius 3 is 2.81 bits per heavy atom. The third kappa shape index (κ3) is 2.57. The Labute approximate surface area is 97.6 Å². The Hall–Kier alpha value is -0.570. The van der Waals surface area contributed by atoms with Crippen LogP contribution in [-0.4, -0.2) is 24.2 Å². The number of hydrogen-bond acceptors (Lipinski definition) is 2. The first kappa shape index (κ1) is 11.9. The van der Waals surface area contributed by atoms with Gasteiger partial charge in [-0.25, -0.2) is 0 Å². The summed E-state index contributed by atoms with van der Waals surface area (Å²) in [4.78, 5) is 12.0. The molecule has 2 aliphatic rings. The lowest BCUT2D eigenvalue weighted by Crippen LogP contribution is -2.36. The Bertz CT molecular complexity index is 254. The molecule has 2 rings (SSSR count). The van der Waals surface area contributed by atoms with Gasteiger partial charge in [-0.05, 0) is 43.4 Å². The molecule has 2 aliphatic carbocycles. The van der Waals surface area contributed by atoms with Gasteiger partial charge in [0, 0.05) is 19.1 Å². The molecule has 2 fully saturated rings. The number of aliphatic hydroxyl groups excluding tert-OH is 1. The van der Waals surface area contributed by atoms with Gasteiger partial charge in [-0.3, -0.25) is 4.79 Å². The summed E-state index contributed by atoms with van der Waals surface area (Å²) in [7, 11) is 0. The predicted molar refractivity (Wildman–Crippen MR) is 62.8 cm³/mol. The molecule has 0 spiro atoms. The van der Waals surface area contributed by atoms with E-state index in [9.17, 15) is 4.79 Å². The van der Waals surface area contributed by atoms with Crippen LogP contribution in [0.2, 0.25) is 0 Å². The summed E-state index contributed by atoms with van der Waals surface area (Å²) in [5.41, 5.74) is 0. The van der Waals surface area contributed by atoms with Gasteiger partial charge in [-0.1, -0.05) is 13.3 Å². The number of carbonyl (C=O) groups is 1. The summed E-state index contributed by atoms with van der Waals surface area (Å²) in [6.45, 7) is 3.00. The van der Waals surface area contributed by atoms with Crippen molar-refractivity contribution >= 4 is 5.91 Å². The summed E-state index contributed by atoms with van der Waals surface area (Å²) < 4.78 is 0. The van der Waals surface area contributed by atoms with Crippen molar-refractivity contribution in [1.82, 2.24) is 5.32 Å². The summed E-state index contributed by atoms with van der Waals surface area (Å²) in [6.07, 6.45) is 5.77. The normalized spacial score (nSPS) is 34.0. The van der Waals surface area contributed by atoms with E-state index in [1.807, 2.05) is 0 Å². The van der Waals surface area contributed by atoms with Crippen LogP contribution in [-0.2, 0) is 4.79 Å². The minimum atomic E-state index is 0.213. The zero-order chi connectivity index (χ0) is 11.5. The van der Waals surface area contributed by atoms with E-state index >= 15 is 0 Å². The van der Waals surface area contributed by atoms with Gasteiger partial charge in [0.1, 0.15) is 0 Å². The van der Waals surface area contributed by atoms with Crippen LogP contribution in [0.1, 0.15) is 39.0 Å². The Kier molecular flexibility index (Phi) is 3.85. The third-order valence-corrected chi connectivity index (χ3v) is 4.32. The van der Waals surface area contributed by atoms with Crippen molar-refractivity contribution in [2.75, 3.05) is 13.2 Å². The van der Waals surface area contributed by atoms with E-state index in [4.69, 9.17) is 5.11 Å². The molecule has 3 nitrogen and oxygen atoms in total. The molecule has 4 atom stereocenters. The molecule has 3 heteroatoms. The monoisotopic (exact) mass is 225 g/mol. The fourth-order valence-corrected chi connectivity index (χ4v) is 3.29. The molecule has 4 unspecified atom stereocenters. The molecule has 2 bridgehead atoms. The molecule has 0 aromatic carbocycles. The number of carbonyl (C=O) groups excluding carboxylic acids is 1. The number of hydrogen-bond donors (Lipinski definition) is 2. The fourth-order valence-electron chi connectivity index (χ4n) is 3.29. The molecule has 16 heavy (non-hydrogen) atoms. The second-order valence-electron chi connectivity index (χ2n) is 5.64. The lowest BCUT2D eigenvalue weighted by atomic mass is 9.88. The van der Waals surface area contributed by atoms with Gasteiger partial charge in [0.2, 0.25) is 5.91 Å². The lowest BCUT2D eigenvalue weighted by Gasteiger charge is -2.21. The average Bonchev–Trinajstić information content (AvgIpc) is 2.88. The van der Waals surface area contributed by atoms with Crippen LogP contribution in [0.25, 0.3) is 0 Å². The van der Waals surface area contributed by atoms with Crippen LogP contribution in [0.3, 0.4) is 0 Å². The van der Waals surface area contributed by atoms with Gasteiger partial charge in [-0.15, -0.1) is 0 Å². The first-order valence-corrected chi connectivity index (χ1v) is 6.59. The molecular formula is C13H23NO2. The molecule has 0 heterocycles. The van der Waals surface area contributed by atoms with Crippen molar-refractivity contribution in [3.05, 3.63) is 0 Å². The number of aliphatic hydroxyl groups is 1. The highest BCUT2D eigenvalue weighted by Crippen LogP contribution is 2.48. The first-order valence-electron chi connectivity index (χ1n) is 6.59. The van der Waals surface area contributed by atoms with E-state index in [-0.39, 0.29) is 12.5 Å². The Morgan fingerprint density at radius 2 is 2.25 bits per heavy atom. The molecular weight excluding hydrogens is 202 g/mol. The lowest BCUT2D eigenvalue weighted by molar-refractivity contribution is -0.126. The number of amides is 1. The topological polar surface area (TPSA) is 49.3 Å². The minimum absolute atomic E-state index is 0.213. The van der Waals surface area contributed by atoms with Crippen molar-refractivity contribution in [3.63, 3.8) is 0 Å². The van der Waals surface area contributed by atoms with E-state index in [0.29, 0.717) is 24.3 Å². The van der Waals surface area contributed by atoms with E-state index in [2.05, 4.69) is 12.2 Å². The van der Waals surface area contributed by atoms with Crippen LogP contribution < -0.4 is 5.32 Å². The number of fused-ring (bicyclic) bond motifs is 2. The highest BCUT2D eigenvalue weighted by molar-refractivity contribution is 5.79. The van der Waals surface area contributed by atoms with Gasteiger partial charge in [-0.2, -0.15) is 0 Å². The van der Waals surface area contributed by atoms with E-state index in [1.54, 1.807) is 0 Å². The molecule has 0 aromatic rings. The minimum Gasteiger partial charge on any atom is -0.396 e. The molecule has 0 aromatic heterocycles. The summed E-state index contributed by atoms with van der Waals surface area (Å²) in [5.74, 6) is 2.43. The van der Waals surface area contributed by atoms with Crippen LogP contribution in [0, 0.1) is 23.7 Å². The second kappa shape index (κ2) is 5.17. The van der Waals surface area contributed by atoms with Crippen molar-refractivity contribution in [3.8, 4) is 0 Å². The third-order valence-electron chi connectivity index (χ3n) is 4.32. The smallest absolute Gasteiger partial charge is 0.223 e. The molecule has 0 aliphatic heterocycles. The molecule has 2 N–H and O–H groups in total. The fraction of sp³-hybridized carbons (Fsp3) is 0.923. The standard InChI is InChI=1S/C13H23NO2/c1-9(4-5-15)8-14-13(16)12-7-10-2-3-11(12)6-10/h9-12,15H,2-8H2,1H3,(H,14,16). The van der Waals surface area contributed by atoms with Gasteiger partial charge in [0.15, 0.2) is 0 Å². The summed E-state index contributed by atoms with van der Waals surface area (Å²) >= 11 is 0. The maximum absolute atomic E-state index is 12.0. The zero-order valence-electron chi connectivity index (χ0n) is 10.1. The van der Waals surface area contributed by atoms with E-state index < -0.39 is 0 Å². The molecule has 2 saturated carbocycles. The second-order valence-corrected chi connectivity index (χ2v) is 5.64. The van der Waals surface area contributed by atoms with Crippen LogP contribution in [0.5, 0.6) is 0 Å². The van der Waals surface area contributed by atoms with E-state index in [1.165, 1.54) is 19.3 Å². The van der Waals surface area contributed by atoms with Crippen LogP contribution >= 0.6 is 0 Å². The average molecular weight is 225 g/mol. The maximum Gasteiger partial charge on any atom is 0.223 e. The van der Waals surface area contributed by atoms with Gasteiger partial charge in [0.05, 0.1) is 0 Å². The Morgan fingerprint density at radius 1 is 1.44 bits per heavy atom. The Balaban J connectivity index is 1.72. The largest absolute Gasteiger partial charge is 0.396 e. The van der Waals surface area contributed by atoms with Crippen molar-refractivity contribution in [1.29, 1.82) is 0 Å². The van der Waals surface area contributed by atoms with Crippen molar-refractivity contribution in [2.45, 2.75) is 39.0 Å². The zero-order valence-corrected chi connectivity index (χ0v) is 10.1. The van der Waals surface area contributed by atoms with E-state index in [0.717, 1.165) is 18.8 Å². The summed E-state index contributed by atoms with van der Waals surface area (Å²) in [6, 6.07) is 0. The van der Waals surface area contributed by atoms with Crippen LogP contribution in [0.4, 0.5) is 0 Å². The predicted octanol–water partition coefficient (Wildman–Crippen LogP) is 1.56. The first-order chi connectivity index (χ1) is 7.70. The molecule has 1 amide bonds. The number of nitrogens with one attached hydrogen (secondary N) is 1. The van der Waals surface area contributed by atoms with Gasteiger partial charge >= 0.3 is 0 Å². The highest BCUT2D eigenvalue weighted by Gasteiger charge is 2.42. The van der Waals surface area contributed by atoms with Gasteiger partial charge in [0.25, 0.3) is 0 Å². The quantitative estimate of drug-likeness (QED) is 0.746. The van der Waals surface area contributed by atoms with Gasteiger partial charge < -0.3 is 10.4 Å².